The van der Waals surface area contributed by atoms with Crippen LogP contribution in [0.2, 0.25) is 0 Å². The molecule has 0 aromatic rings. The lowest BCUT2D eigenvalue weighted by molar-refractivity contribution is -0.138. The molecule has 1 unspecified atom stereocenters. The smallest absolute Gasteiger partial charge is 0.303 e. The van der Waals surface area contributed by atoms with Crippen molar-refractivity contribution in [1.29, 1.82) is 0 Å². The van der Waals surface area contributed by atoms with Crippen LogP contribution in [-0.4, -0.2) is 23.4 Å². The second-order valence-electron chi connectivity index (χ2n) is 6.04. The molecule has 2 atom stereocenters. The molecule has 0 fully saturated rings. The molecule has 4 nitrogen and oxygen atoms in total. The van der Waals surface area contributed by atoms with E-state index in [1.165, 1.54) is 51.4 Å². The number of nitrogens with two attached hydrogens (primary N) is 1. The summed E-state index contributed by atoms with van der Waals surface area (Å²) >= 11 is 0. The van der Waals surface area contributed by atoms with Gasteiger partial charge in [-0.25, -0.2) is 0 Å². The first kappa shape index (κ1) is 20.1. The monoisotopic (exact) mass is 299 g/mol. The molecule has 0 heterocycles. The third-order valence-corrected chi connectivity index (χ3v) is 4.07. The van der Waals surface area contributed by atoms with Crippen LogP contribution >= 0.6 is 0 Å². The highest BCUT2D eigenvalue weighted by Crippen LogP contribution is 2.18. The minimum absolute atomic E-state index is 0.00264. The van der Waals surface area contributed by atoms with Crippen LogP contribution < -0.4 is 5.73 Å². The van der Waals surface area contributed by atoms with Gasteiger partial charge in [0.1, 0.15) is 6.29 Å². The molecule has 0 aliphatic carbocycles. The fraction of sp³-hybridized carbons (Fsp3) is 0.882. The van der Waals surface area contributed by atoms with Crippen molar-refractivity contribution in [3.05, 3.63) is 0 Å². The molecule has 3 N–H and O–H groups in total. The van der Waals surface area contributed by atoms with Gasteiger partial charge in [0, 0.05) is 0 Å². The Labute approximate surface area is 129 Å². The van der Waals surface area contributed by atoms with Gasteiger partial charge in [-0.1, -0.05) is 71.1 Å². The van der Waals surface area contributed by atoms with Gasteiger partial charge in [0.2, 0.25) is 0 Å². The van der Waals surface area contributed by atoms with E-state index in [4.69, 9.17) is 10.8 Å². The van der Waals surface area contributed by atoms with Gasteiger partial charge in [-0.05, 0) is 12.3 Å². The van der Waals surface area contributed by atoms with Gasteiger partial charge >= 0.3 is 5.97 Å². The maximum Gasteiger partial charge on any atom is 0.303 e. The standard InChI is InChI=1S/C17H33NO3/c1-2-3-4-5-6-7-8-9-10-11-12-15(13-17(20)21)16(18)14-19/h14-16H,2-13,18H2,1H3,(H,20,21)/t15?,16-/m1/s1. The molecular formula is C17H33NO3. The number of hydrogen-bond donors (Lipinski definition) is 2. The van der Waals surface area contributed by atoms with E-state index in [1.54, 1.807) is 0 Å². The SMILES string of the molecule is CCCCCCCCCCCCC(CC(=O)O)[C@H](N)C=O. The zero-order chi connectivity index (χ0) is 15.9. The molecule has 0 spiro atoms. The minimum atomic E-state index is -0.871. The van der Waals surface area contributed by atoms with Crippen LogP contribution in [0.15, 0.2) is 0 Å². The summed E-state index contributed by atoms with van der Waals surface area (Å²) in [5.74, 6) is -1.08. The Kier molecular flexibility index (Phi) is 13.5. The van der Waals surface area contributed by atoms with Gasteiger partial charge in [0.15, 0.2) is 0 Å². The average Bonchev–Trinajstić information content (AvgIpc) is 2.46. The van der Waals surface area contributed by atoms with Crippen LogP contribution in [0.1, 0.15) is 84.0 Å². The first-order valence-corrected chi connectivity index (χ1v) is 8.54. The van der Waals surface area contributed by atoms with Crippen molar-refractivity contribution in [2.45, 2.75) is 90.0 Å². The van der Waals surface area contributed by atoms with Gasteiger partial charge < -0.3 is 15.6 Å². The van der Waals surface area contributed by atoms with Crippen molar-refractivity contribution in [1.82, 2.24) is 0 Å². The second kappa shape index (κ2) is 14.1. The first-order valence-electron chi connectivity index (χ1n) is 8.54. The van der Waals surface area contributed by atoms with Crippen molar-refractivity contribution in [3.8, 4) is 0 Å². The summed E-state index contributed by atoms with van der Waals surface area (Å²) in [5, 5.41) is 8.82. The molecule has 0 aromatic heterocycles. The van der Waals surface area contributed by atoms with Crippen LogP contribution in [-0.2, 0) is 9.59 Å². The molecule has 0 radical (unpaired) electrons. The highest BCUT2D eigenvalue weighted by molar-refractivity contribution is 5.68. The van der Waals surface area contributed by atoms with Crippen LogP contribution in [0.25, 0.3) is 0 Å². The average molecular weight is 299 g/mol. The Morgan fingerprint density at radius 1 is 1.00 bits per heavy atom. The number of unbranched alkanes of at least 4 members (excludes halogenated alkanes) is 9. The molecular weight excluding hydrogens is 266 g/mol. The van der Waals surface area contributed by atoms with Crippen molar-refractivity contribution in [2.75, 3.05) is 0 Å². The normalized spacial score (nSPS) is 13.8. The summed E-state index contributed by atoms with van der Waals surface area (Å²) in [6.07, 6.45) is 13.9. The Morgan fingerprint density at radius 2 is 1.48 bits per heavy atom. The van der Waals surface area contributed by atoms with Crippen LogP contribution in [0, 0.1) is 5.92 Å². The molecule has 0 aliphatic heterocycles. The summed E-state index contributed by atoms with van der Waals surface area (Å²) in [6.45, 7) is 2.23. The summed E-state index contributed by atoms with van der Waals surface area (Å²) in [5.41, 5.74) is 5.65. The molecule has 0 aromatic carbocycles. The molecule has 0 rings (SSSR count). The Morgan fingerprint density at radius 3 is 1.90 bits per heavy atom. The topological polar surface area (TPSA) is 80.4 Å². The third kappa shape index (κ3) is 12.5. The molecule has 0 saturated heterocycles. The zero-order valence-corrected chi connectivity index (χ0v) is 13.6. The number of rotatable bonds is 15. The third-order valence-electron chi connectivity index (χ3n) is 4.07. The van der Waals surface area contributed by atoms with Crippen LogP contribution in [0.5, 0.6) is 0 Å². The first-order chi connectivity index (χ1) is 10.1. The van der Waals surface area contributed by atoms with Crippen molar-refractivity contribution in [2.24, 2.45) is 11.7 Å². The van der Waals surface area contributed by atoms with E-state index >= 15 is 0 Å². The molecule has 0 bridgehead atoms. The molecule has 124 valence electrons. The number of carboxylic acids is 1. The highest BCUT2D eigenvalue weighted by Gasteiger charge is 2.19. The van der Waals surface area contributed by atoms with Gasteiger partial charge in [-0.2, -0.15) is 0 Å². The minimum Gasteiger partial charge on any atom is -0.481 e. The van der Waals surface area contributed by atoms with E-state index in [-0.39, 0.29) is 12.3 Å². The lowest BCUT2D eigenvalue weighted by Gasteiger charge is -2.17. The number of carbonyl (C=O) groups excluding carboxylic acids is 1. The fourth-order valence-electron chi connectivity index (χ4n) is 2.66. The molecule has 0 aliphatic rings. The Bertz CT molecular complexity index is 269. The number of aldehydes is 1. The van der Waals surface area contributed by atoms with Gasteiger partial charge in [0.05, 0.1) is 12.5 Å². The Hall–Kier alpha value is -0.900. The number of carboxylic acid groups (broad SMARTS) is 1. The lowest BCUT2D eigenvalue weighted by atomic mass is 9.91. The van der Waals surface area contributed by atoms with E-state index in [2.05, 4.69) is 6.92 Å². The lowest BCUT2D eigenvalue weighted by Crippen LogP contribution is -2.33. The number of aliphatic carboxylic acids is 1. The molecule has 21 heavy (non-hydrogen) atoms. The molecule has 4 heteroatoms. The maximum atomic E-state index is 10.7. The van der Waals surface area contributed by atoms with Crippen molar-refractivity contribution >= 4 is 12.3 Å². The van der Waals surface area contributed by atoms with Gasteiger partial charge in [0.25, 0.3) is 0 Å². The van der Waals surface area contributed by atoms with E-state index in [0.717, 1.165) is 19.3 Å². The quantitative estimate of drug-likeness (QED) is 0.355. The van der Waals surface area contributed by atoms with E-state index < -0.39 is 12.0 Å². The van der Waals surface area contributed by atoms with Crippen LogP contribution in [0.3, 0.4) is 0 Å². The van der Waals surface area contributed by atoms with Crippen molar-refractivity contribution in [3.63, 3.8) is 0 Å². The summed E-state index contributed by atoms with van der Waals surface area (Å²) in [7, 11) is 0. The van der Waals surface area contributed by atoms with Crippen LogP contribution in [0.4, 0.5) is 0 Å². The zero-order valence-electron chi connectivity index (χ0n) is 13.6. The fourth-order valence-corrected chi connectivity index (χ4v) is 2.66. The van der Waals surface area contributed by atoms with Gasteiger partial charge in [-0.15, -0.1) is 0 Å². The van der Waals surface area contributed by atoms with Gasteiger partial charge in [-0.3, -0.25) is 4.79 Å². The van der Waals surface area contributed by atoms with E-state index in [1.807, 2.05) is 0 Å². The summed E-state index contributed by atoms with van der Waals surface area (Å²) in [6, 6.07) is -0.639. The summed E-state index contributed by atoms with van der Waals surface area (Å²) < 4.78 is 0. The summed E-state index contributed by atoms with van der Waals surface area (Å²) in [4.78, 5) is 21.4. The highest BCUT2D eigenvalue weighted by atomic mass is 16.4. The Balaban J connectivity index is 3.53. The molecule has 0 saturated carbocycles. The molecule has 0 amide bonds. The predicted octanol–water partition coefficient (Wildman–Crippen LogP) is 3.91. The van der Waals surface area contributed by atoms with E-state index in [9.17, 15) is 9.59 Å². The largest absolute Gasteiger partial charge is 0.481 e. The number of carbonyl (C=O) groups is 2. The van der Waals surface area contributed by atoms with E-state index in [0.29, 0.717) is 6.29 Å². The predicted molar refractivity (Wildman–Crippen MR) is 86.2 cm³/mol. The van der Waals surface area contributed by atoms with Crippen molar-refractivity contribution < 1.29 is 14.7 Å². The number of hydrogen-bond acceptors (Lipinski definition) is 3. The second-order valence-corrected chi connectivity index (χ2v) is 6.04. The maximum absolute atomic E-state index is 10.7.